The van der Waals surface area contributed by atoms with E-state index in [1.165, 1.54) is 11.3 Å². The third-order valence-corrected chi connectivity index (χ3v) is 2.99. The van der Waals surface area contributed by atoms with E-state index in [-0.39, 0.29) is 5.41 Å². The standard InChI is InChI=1S/C12H19BrN2/c1-9-6-10(13)4-5-11(9)15-8-12(2,3)7-14/h4-6,15H,7-8,14H2,1-3H3. The van der Waals surface area contributed by atoms with Crippen LogP contribution in [0, 0.1) is 12.3 Å². The van der Waals surface area contributed by atoms with E-state index in [9.17, 15) is 0 Å². The van der Waals surface area contributed by atoms with E-state index in [1.54, 1.807) is 0 Å². The van der Waals surface area contributed by atoms with E-state index in [1.807, 2.05) is 6.07 Å². The molecular weight excluding hydrogens is 252 g/mol. The molecule has 0 amide bonds. The summed E-state index contributed by atoms with van der Waals surface area (Å²) in [6.07, 6.45) is 0. The van der Waals surface area contributed by atoms with E-state index < -0.39 is 0 Å². The molecule has 3 heteroatoms. The molecule has 0 aliphatic carbocycles. The predicted molar refractivity (Wildman–Crippen MR) is 70.2 cm³/mol. The van der Waals surface area contributed by atoms with Gasteiger partial charge >= 0.3 is 0 Å². The van der Waals surface area contributed by atoms with Gasteiger partial charge in [-0.25, -0.2) is 0 Å². The van der Waals surface area contributed by atoms with Gasteiger partial charge in [-0.1, -0.05) is 29.8 Å². The summed E-state index contributed by atoms with van der Waals surface area (Å²) in [5, 5.41) is 3.43. The number of halogens is 1. The maximum absolute atomic E-state index is 5.69. The molecule has 0 radical (unpaired) electrons. The number of anilines is 1. The fourth-order valence-corrected chi connectivity index (χ4v) is 1.71. The van der Waals surface area contributed by atoms with Gasteiger partial charge in [0.2, 0.25) is 0 Å². The molecule has 1 aromatic carbocycles. The van der Waals surface area contributed by atoms with Crippen LogP contribution in [-0.4, -0.2) is 13.1 Å². The Morgan fingerprint density at radius 1 is 1.40 bits per heavy atom. The van der Waals surface area contributed by atoms with Gasteiger partial charge < -0.3 is 11.1 Å². The van der Waals surface area contributed by atoms with Crippen LogP contribution in [0.3, 0.4) is 0 Å². The normalized spacial score (nSPS) is 11.5. The Bertz CT molecular complexity index is 334. The molecule has 0 saturated carbocycles. The van der Waals surface area contributed by atoms with Crippen LogP contribution in [0.2, 0.25) is 0 Å². The van der Waals surface area contributed by atoms with E-state index in [4.69, 9.17) is 5.73 Å². The monoisotopic (exact) mass is 270 g/mol. The summed E-state index contributed by atoms with van der Waals surface area (Å²) in [4.78, 5) is 0. The molecule has 0 aliphatic heterocycles. The van der Waals surface area contributed by atoms with Crippen molar-refractivity contribution < 1.29 is 0 Å². The number of nitrogens with two attached hydrogens (primary N) is 1. The van der Waals surface area contributed by atoms with Crippen molar-refractivity contribution in [2.24, 2.45) is 11.1 Å². The van der Waals surface area contributed by atoms with Gasteiger partial charge in [0.15, 0.2) is 0 Å². The second kappa shape index (κ2) is 4.99. The summed E-state index contributed by atoms with van der Waals surface area (Å²) < 4.78 is 1.11. The summed E-state index contributed by atoms with van der Waals surface area (Å²) in [6.45, 7) is 8.01. The largest absolute Gasteiger partial charge is 0.384 e. The average Bonchev–Trinajstić information content (AvgIpc) is 2.16. The first-order chi connectivity index (χ1) is 6.94. The summed E-state index contributed by atoms with van der Waals surface area (Å²) >= 11 is 3.45. The summed E-state index contributed by atoms with van der Waals surface area (Å²) in [5.41, 5.74) is 8.25. The Labute approximate surface area is 100 Å². The first kappa shape index (κ1) is 12.5. The lowest BCUT2D eigenvalue weighted by Gasteiger charge is -2.24. The van der Waals surface area contributed by atoms with Crippen molar-refractivity contribution in [1.82, 2.24) is 0 Å². The summed E-state index contributed by atoms with van der Waals surface area (Å²) in [5.74, 6) is 0. The molecule has 3 N–H and O–H groups in total. The van der Waals surface area contributed by atoms with Crippen molar-refractivity contribution in [3.05, 3.63) is 28.2 Å². The van der Waals surface area contributed by atoms with Gasteiger partial charge in [-0.05, 0) is 42.6 Å². The molecule has 0 saturated heterocycles. The summed E-state index contributed by atoms with van der Waals surface area (Å²) in [6, 6.07) is 6.24. The van der Waals surface area contributed by atoms with E-state index in [2.05, 4.69) is 54.2 Å². The molecule has 0 fully saturated rings. The molecule has 15 heavy (non-hydrogen) atoms. The van der Waals surface area contributed by atoms with Gasteiger partial charge in [0.05, 0.1) is 0 Å². The summed E-state index contributed by atoms with van der Waals surface area (Å²) in [7, 11) is 0. The lowest BCUT2D eigenvalue weighted by Crippen LogP contribution is -2.31. The van der Waals surface area contributed by atoms with Crippen molar-refractivity contribution in [2.75, 3.05) is 18.4 Å². The van der Waals surface area contributed by atoms with Crippen molar-refractivity contribution >= 4 is 21.6 Å². The molecule has 2 nitrogen and oxygen atoms in total. The van der Waals surface area contributed by atoms with Gasteiger partial charge in [-0.3, -0.25) is 0 Å². The van der Waals surface area contributed by atoms with Crippen LogP contribution in [0.15, 0.2) is 22.7 Å². The van der Waals surface area contributed by atoms with Gasteiger partial charge in [-0.2, -0.15) is 0 Å². The third-order valence-electron chi connectivity index (χ3n) is 2.50. The Morgan fingerprint density at radius 2 is 2.07 bits per heavy atom. The van der Waals surface area contributed by atoms with Crippen LogP contribution in [0.4, 0.5) is 5.69 Å². The van der Waals surface area contributed by atoms with Crippen molar-refractivity contribution in [1.29, 1.82) is 0 Å². The van der Waals surface area contributed by atoms with Crippen LogP contribution in [0.5, 0.6) is 0 Å². The SMILES string of the molecule is Cc1cc(Br)ccc1NCC(C)(C)CN. The number of hydrogen-bond donors (Lipinski definition) is 2. The fourth-order valence-electron chi connectivity index (χ4n) is 1.23. The lowest BCUT2D eigenvalue weighted by atomic mass is 9.94. The second-order valence-corrected chi connectivity index (χ2v) is 5.60. The molecule has 0 heterocycles. The van der Waals surface area contributed by atoms with Crippen molar-refractivity contribution in [3.63, 3.8) is 0 Å². The number of nitrogens with one attached hydrogen (secondary N) is 1. The quantitative estimate of drug-likeness (QED) is 0.882. The van der Waals surface area contributed by atoms with Crippen LogP contribution >= 0.6 is 15.9 Å². The Balaban J connectivity index is 2.66. The minimum atomic E-state index is 0.138. The van der Waals surface area contributed by atoms with Gasteiger partial charge in [0.25, 0.3) is 0 Å². The maximum atomic E-state index is 5.69. The molecule has 1 rings (SSSR count). The number of aryl methyl sites for hydroxylation is 1. The first-order valence-electron chi connectivity index (χ1n) is 5.15. The lowest BCUT2D eigenvalue weighted by molar-refractivity contribution is 0.405. The van der Waals surface area contributed by atoms with Crippen LogP contribution in [0.1, 0.15) is 19.4 Å². The van der Waals surface area contributed by atoms with Crippen LogP contribution < -0.4 is 11.1 Å². The highest BCUT2D eigenvalue weighted by molar-refractivity contribution is 9.10. The third kappa shape index (κ3) is 3.84. The zero-order valence-electron chi connectivity index (χ0n) is 9.60. The molecule has 0 spiro atoms. The molecule has 0 bridgehead atoms. The van der Waals surface area contributed by atoms with E-state index >= 15 is 0 Å². The zero-order valence-corrected chi connectivity index (χ0v) is 11.2. The van der Waals surface area contributed by atoms with Crippen molar-refractivity contribution in [2.45, 2.75) is 20.8 Å². The Morgan fingerprint density at radius 3 is 2.60 bits per heavy atom. The fraction of sp³-hybridized carbons (Fsp3) is 0.500. The molecule has 1 aromatic rings. The van der Waals surface area contributed by atoms with Gasteiger partial charge in [0.1, 0.15) is 0 Å². The highest BCUT2D eigenvalue weighted by Gasteiger charge is 2.15. The maximum Gasteiger partial charge on any atom is 0.0370 e. The molecule has 0 aliphatic rings. The topological polar surface area (TPSA) is 38.0 Å². The minimum absolute atomic E-state index is 0.138. The van der Waals surface area contributed by atoms with Gasteiger partial charge in [-0.15, -0.1) is 0 Å². The van der Waals surface area contributed by atoms with E-state index in [0.717, 1.165) is 11.0 Å². The number of benzene rings is 1. The highest BCUT2D eigenvalue weighted by Crippen LogP contribution is 2.21. The van der Waals surface area contributed by atoms with Crippen LogP contribution in [-0.2, 0) is 0 Å². The molecule has 84 valence electrons. The highest BCUT2D eigenvalue weighted by atomic mass is 79.9. The minimum Gasteiger partial charge on any atom is -0.384 e. The predicted octanol–water partition coefficient (Wildman–Crippen LogP) is 3.15. The van der Waals surface area contributed by atoms with Crippen LogP contribution in [0.25, 0.3) is 0 Å². The average molecular weight is 271 g/mol. The number of hydrogen-bond acceptors (Lipinski definition) is 2. The Kier molecular flexibility index (Phi) is 4.17. The zero-order chi connectivity index (χ0) is 11.5. The Hall–Kier alpha value is -0.540. The number of rotatable bonds is 4. The molecular formula is C12H19BrN2. The first-order valence-corrected chi connectivity index (χ1v) is 5.94. The second-order valence-electron chi connectivity index (χ2n) is 4.68. The van der Waals surface area contributed by atoms with Crippen molar-refractivity contribution in [3.8, 4) is 0 Å². The molecule has 0 unspecified atom stereocenters. The smallest absolute Gasteiger partial charge is 0.0370 e. The van der Waals surface area contributed by atoms with E-state index in [0.29, 0.717) is 6.54 Å². The molecule has 0 atom stereocenters. The molecule has 0 aromatic heterocycles. The van der Waals surface area contributed by atoms with Gasteiger partial charge in [0, 0.05) is 16.7 Å².